The number of ether oxygens (including phenoxy) is 1. The lowest BCUT2D eigenvalue weighted by molar-refractivity contribution is 0.301. The zero-order valence-electron chi connectivity index (χ0n) is 16.6. The Bertz CT molecular complexity index is 1130. The van der Waals surface area contributed by atoms with Gasteiger partial charge < -0.3 is 9.64 Å². The van der Waals surface area contributed by atoms with Gasteiger partial charge in [-0.15, -0.1) is 0 Å². The molecule has 1 aliphatic heterocycles. The largest absolute Gasteiger partial charge is 0.487 e. The third-order valence-corrected chi connectivity index (χ3v) is 5.33. The number of anilines is 1. The van der Waals surface area contributed by atoms with E-state index in [1.54, 1.807) is 6.20 Å². The van der Waals surface area contributed by atoms with Gasteiger partial charge in [0.05, 0.1) is 17.1 Å². The van der Waals surface area contributed by atoms with E-state index >= 15 is 0 Å². The number of pyridine rings is 3. The van der Waals surface area contributed by atoms with Crippen molar-refractivity contribution in [2.45, 2.75) is 19.6 Å². The summed E-state index contributed by atoms with van der Waals surface area (Å²) >= 11 is 0. The van der Waals surface area contributed by atoms with Crippen LogP contribution in [0.5, 0.6) is 5.75 Å². The Morgan fingerprint density at radius 2 is 1.63 bits per heavy atom. The van der Waals surface area contributed by atoms with Crippen molar-refractivity contribution in [3.63, 3.8) is 0 Å². The first-order chi connectivity index (χ1) is 14.9. The lowest BCUT2D eigenvalue weighted by Crippen LogP contribution is -2.31. The Labute approximate surface area is 176 Å². The van der Waals surface area contributed by atoms with Crippen molar-refractivity contribution in [1.82, 2.24) is 15.0 Å². The number of rotatable bonds is 5. The smallest absolute Gasteiger partial charge is 0.130 e. The van der Waals surface area contributed by atoms with Crippen LogP contribution in [0.25, 0.3) is 11.3 Å². The van der Waals surface area contributed by atoms with E-state index in [1.807, 2.05) is 54.9 Å². The summed E-state index contributed by atoms with van der Waals surface area (Å²) in [6.07, 6.45) is 6.45. The van der Waals surface area contributed by atoms with Crippen LogP contribution in [0.2, 0.25) is 0 Å². The van der Waals surface area contributed by atoms with E-state index in [9.17, 15) is 0 Å². The second-order valence-electron chi connectivity index (χ2n) is 7.29. The predicted molar refractivity (Wildman–Crippen MR) is 117 cm³/mol. The summed E-state index contributed by atoms with van der Waals surface area (Å²) in [6.45, 7) is 2.25. The number of nitrogens with zero attached hydrogens (tertiary/aromatic N) is 4. The lowest BCUT2D eigenvalue weighted by Gasteiger charge is -2.31. The minimum atomic E-state index is 0.455. The fourth-order valence-electron chi connectivity index (χ4n) is 3.80. The first-order valence-corrected chi connectivity index (χ1v) is 10.1. The van der Waals surface area contributed by atoms with Crippen LogP contribution in [0.4, 0.5) is 5.69 Å². The highest BCUT2D eigenvalue weighted by Gasteiger charge is 2.20. The second-order valence-corrected chi connectivity index (χ2v) is 7.29. The molecule has 5 nitrogen and oxygen atoms in total. The third-order valence-electron chi connectivity index (χ3n) is 5.33. The quantitative estimate of drug-likeness (QED) is 0.492. The minimum absolute atomic E-state index is 0.455. The van der Waals surface area contributed by atoms with Crippen LogP contribution in [0, 0.1) is 0 Å². The molecule has 3 aromatic heterocycles. The molecule has 5 rings (SSSR count). The van der Waals surface area contributed by atoms with Gasteiger partial charge in [-0.1, -0.05) is 12.1 Å². The summed E-state index contributed by atoms with van der Waals surface area (Å²) in [5.74, 6) is 0.819. The van der Waals surface area contributed by atoms with Gasteiger partial charge in [-0.25, -0.2) is 0 Å². The molecule has 0 aliphatic carbocycles. The van der Waals surface area contributed by atoms with Crippen LogP contribution < -0.4 is 9.64 Å². The molecule has 0 fully saturated rings. The molecule has 30 heavy (non-hydrogen) atoms. The minimum Gasteiger partial charge on any atom is -0.487 e. The molecule has 0 bridgehead atoms. The van der Waals surface area contributed by atoms with Crippen molar-refractivity contribution in [3.05, 3.63) is 102 Å². The van der Waals surface area contributed by atoms with Crippen molar-refractivity contribution in [2.75, 3.05) is 11.4 Å². The average Bonchev–Trinajstić information content (AvgIpc) is 2.83. The topological polar surface area (TPSA) is 51.1 Å². The second kappa shape index (κ2) is 8.33. The van der Waals surface area contributed by atoms with Gasteiger partial charge in [-0.05, 0) is 60.2 Å². The molecular formula is C25H22N4O. The normalized spacial score (nSPS) is 13.0. The molecular weight excluding hydrogens is 372 g/mol. The maximum absolute atomic E-state index is 5.87. The molecule has 4 aromatic rings. The number of hydrogen-bond acceptors (Lipinski definition) is 5. The Hall–Kier alpha value is -3.73. The van der Waals surface area contributed by atoms with E-state index in [4.69, 9.17) is 9.72 Å². The van der Waals surface area contributed by atoms with Crippen molar-refractivity contribution < 1.29 is 4.74 Å². The standard InChI is InChI=1S/C25H22N4O/c1-2-13-26-21(6-1)18-30-22-10-8-19(9-11-22)25-24(7-4-15-28-25)29-16-12-23-20(17-29)5-3-14-27-23/h1-11,13-15H,12,16-18H2. The molecule has 148 valence electrons. The van der Waals surface area contributed by atoms with Crippen LogP contribution in [0.3, 0.4) is 0 Å². The summed E-state index contributed by atoms with van der Waals surface area (Å²) in [5, 5.41) is 0. The molecule has 0 amide bonds. The van der Waals surface area contributed by atoms with E-state index in [2.05, 4.69) is 39.1 Å². The highest BCUT2D eigenvalue weighted by Crippen LogP contribution is 2.32. The van der Waals surface area contributed by atoms with Gasteiger partial charge in [0.15, 0.2) is 0 Å². The van der Waals surface area contributed by atoms with E-state index in [0.717, 1.165) is 47.9 Å². The van der Waals surface area contributed by atoms with Gasteiger partial charge in [0.2, 0.25) is 0 Å². The van der Waals surface area contributed by atoms with Crippen LogP contribution >= 0.6 is 0 Å². The van der Waals surface area contributed by atoms with Gasteiger partial charge in [0.1, 0.15) is 12.4 Å². The van der Waals surface area contributed by atoms with Gasteiger partial charge >= 0.3 is 0 Å². The van der Waals surface area contributed by atoms with Crippen molar-refractivity contribution >= 4 is 5.69 Å². The van der Waals surface area contributed by atoms with E-state index in [1.165, 1.54) is 11.3 Å². The average molecular weight is 394 g/mol. The molecule has 0 unspecified atom stereocenters. The molecule has 1 aliphatic rings. The van der Waals surface area contributed by atoms with Gasteiger partial charge in [-0.3, -0.25) is 15.0 Å². The van der Waals surface area contributed by atoms with E-state index < -0.39 is 0 Å². The fraction of sp³-hybridized carbons (Fsp3) is 0.160. The Kier molecular flexibility index (Phi) is 5.08. The summed E-state index contributed by atoms with van der Waals surface area (Å²) in [7, 11) is 0. The molecule has 0 spiro atoms. The van der Waals surface area contributed by atoms with Crippen molar-refractivity contribution in [1.29, 1.82) is 0 Å². The zero-order valence-corrected chi connectivity index (χ0v) is 16.6. The number of aromatic nitrogens is 3. The molecule has 0 radical (unpaired) electrons. The summed E-state index contributed by atoms with van der Waals surface area (Å²) < 4.78 is 5.87. The molecule has 1 aromatic carbocycles. The maximum atomic E-state index is 5.87. The monoisotopic (exact) mass is 394 g/mol. The van der Waals surface area contributed by atoms with E-state index in [0.29, 0.717) is 6.61 Å². The van der Waals surface area contributed by atoms with Gasteiger partial charge in [0.25, 0.3) is 0 Å². The molecule has 0 saturated heterocycles. The first kappa shape index (κ1) is 18.3. The van der Waals surface area contributed by atoms with Crippen LogP contribution in [-0.4, -0.2) is 21.5 Å². The molecule has 0 atom stereocenters. The first-order valence-electron chi connectivity index (χ1n) is 10.1. The third kappa shape index (κ3) is 3.87. The summed E-state index contributed by atoms with van der Waals surface area (Å²) in [4.78, 5) is 15.9. The van der Waals surface area contributed by atoms with Crippen LogP contribution in [-0.2, 0) is 19.6 Å². The van der Waals surface area contributed by atoms with Crippen LogP contribution in [0.15, 0.2) is 85.3 Å². The zero-order chi connectivity index (χ0) is 20.2. The molecule has 0 N–H and O–H groups in total. The summed E-state index contributed by atoms with van der Waals surface area (Å²) in [6, 6.07) is 22.3. The SMILES string of the molecule is c1ccc(COc2ccc(-c3ncccc3N3CCc4ncccc4C3)cc2)nc1. The number of fused-ring (bicyclic) bond motifs is 1. The summed E-state index contributed by atoms with van der Waals surface area (Å²) in [5.41, 5.74) is 6.61. The van der Waals surface area contributed by atoms with Gasteiger partial charge in [-0.2, -0.15) is 0 Å². The Morgan fingerprint density at radius 1 is 0.800 bits per heavy atom. The lowest BCUT2D eigenvalue weighted by atomic mass is 10.0. The van der Waals surface area contributed by atoms with Gasteiger partial charge in [0, 0.05) is 49.4 Å². The molecule has 5 heteroatoms. The maximum Gasteiger partial charge on any atom is 0.130 e. The molecule has 0 saturated carbocycles. The number of hydrogen-bond donors (Lipinski definition) is 0. The van der Waals surface area contributed by atoms with Crippen molar-refractivity contribution in [2.24, 2.45) is 0 Å². The van der Waals surface area contributed by atoms with E-state index in [-0.39, 0.29) is 0 Å². The predicted octanol–water partition coefficient (Wildman–Crippen LogP) is 4.68. The Balaban J connectivity index is 1.35. The fourth-order valence-corrected chi connectivity index (χ4v) is 3.80. The Morgan fingerprint density at radius 3 is 2.50 bits per heavy atom. The molecule has 4 heterocycles. The van der Waals surface area contributed by atoms with Crippen molar-refractivity contribution in [3.8, 4) is 17.0 Å². The highest BCUT2D eigenvalue weighted by molar-refractivity contribution is 5.75. The van der Waals surface area contributed by atoms with Crippen LogP contribution in [0.1, 0.15) is 17.0 Å². The number of benzene rings is 1. The highest BCUT2D eigenvalue weighted by atomic mass is 16.5.